The first-order chi connectivity index (χ1) is 9.24. The minimum absolute atomic E-state index is 0.729. The lowest BCUT2D eigenvalue weighted by Crippen LogP contribution is -2.00. The summed E-state index contributed by atoms with van der Waals surface area (Å²) < 4.78 is 0.923. The number of hydrogen-bond acceptors (Lipinski definition) is 5. The van der Waals surface area contributed by atoms with Crippen LogP contribution in [-0.4, -0.2) is 9.97 Å². The second-order valence-electron chi connectivity index (χ2n) is 4.07. The fraction of sp³-hybridized carbons (Fsp3) is 0.0769. The first-order valence-electron chi connectivity index (χ1n) is 5.69. The van der Waals surface area contributed by atoms with E-state index in [1.54, 1.807) is 17.5 Å². The van der Waals surface area contributed by atoms with Gasteiger partial charge in [0.25, 0.3) is 0 Å². The van der Waals surface area contributed by atoms with Gasteiger partial charge in [-0.25, -0.2) is 0 Å². The van der Waals surface area contributed by atoms with E-state index in [9.17, 15) is 0 Å². The second-order valence-corrected chi connectivity index (χ2v) is 5.96. The SMILES string of the molecule is Nc1ccc(NCc2cncs2)c2ncc(Br)cc12. The first-order valence-corrected chi connectivity index (χ1v) is 7.36. The number of nitrogens with one attached hydrogen (secondary N) is 1. The lowest BCUT2D eigenvalue weighted by molar-refractivity contribution is 1.18. The van der Waals surface area contributed by atoms with Crippen LogP contribution < -0.4 is 11.1 Å². The number of anilines is 2. The third-order valence-electron chi connectivity index (χ3n) is 2.79. The molecule has 2 heterocycles. The molecule has 0 atom stereocenters. The summed E-state index contributed by atoms with van der Waals surface area (Å²) in [6.45, 7) is 0.738. The number of hydrogen-bond donors (Lipinski definition) is 2. The molecule has 96 valence electrons. The molecule has 0 unspecified atom stereocenters. The maximum absolute atomic E-state index is 5.99. The highest BCUT2D eigenvalue weighted by Gasteiger charge is 2.06. The van der Waals surface area contributed by atoms with Gasteiger partial charge in [0.05, 0.1) is 23.3 Å². The van der Waals surface area contributed by atoms with Crippen LogP contribution in [-0.2, 0) is 6.54 Å². The molecule has 0 saturated heterocycles. The molecule has 0 spiro atoms. The summed E-state index contributed by atoms with van der Waals surface area (Å²) in [7, 11) is 0. The van der Waals surface area contributed by atoms with E-state index < -0.39 is 0 Å². The Morgan fingerprint density at radius 3 is 3.00 bits per heavy atom. The number of nitrogens with two attached hydrogens (primary N) is 1. The third-order valence-corrected chi connectivity index (χ3v) is 4.00. The molecule has 0 aliphatic heterocycles. The van der Waals surface area contributed by atoms with E-state index in [2.05, 4.69) is 31.2 Å². The van der Waals surface area contributed by atoms with E-state index in [1.807, 2.05) is 29.9 Å². The number of fused-ring (bicyclic) bond motifs is 1. The lowest BCUT2D eigenvalue weighted by Gasteiger charge is -2.10. The Hall–Kier alpha value is -1.66. The van der Waals surface area contributed by atoms with E-state index in [0.29, 0.717) is 0 Å². The molecule has 6 heteroatoms. The van der Waals surface area contributed by atoms with Gasteiger partial charge in [0.15, 0.2) is 0 Å². The fourth-order valence-electron chi connectivity index (χ4n) is 1.87. The van der Waals surface area contributed by atoms with Gasteiger partial charge < -0.3 is 11.1 Å². The molecule has 0 radical (unpaired) electrons. The standard InChI is InChI=1S/C13H11BrN4S/c14-8-3-10-11(15)1-2-12(13(10)18-4-8)17-6-9-5-16-7-19-9/h1-5,7,17H,6,15H2. The Morgan fingerprint density at radius 2 is 2.21 bits per heavy atom. The van der Waals surface area contributed by atoms with Crippen LogP contribution in [0.1, 0.15) is 4.88 Å². The molecule has 0 amide bonds. The lowest BCUT2D eigenvalue weighted by atomic mass is 10.1. The van der Waals surface area contributed by atoms with Crippen molar-refractivity contribution in [3.05, 3.63) is 45.5 Å². The van der Waals surface area contributed by atoms with Crippen LogP contribution in [0.3, 0.4) is 0 Å². The summed E-state index contributed by atoms with van der Waals surface area (Å²) in [5, 5.41) is 4.32. The van der Waals surface area contributed by atoms with Crippen molar-refractivity contribution in [2.24, 2.45) is 0 Å². The van der Waals surface area contributed by atoms with Crippen LogP contribution in [0.25, 0.3) is 10.9 Å². The predicted molar refractivity (Wildman–Crippen MR) is 83.3 cm³/mol. The molecule has 3 N–H and O–H groups in total. The summed E-state index contributed by atoms with van der Waals surface area (Å²) in [6.07, 6.45) is 3.64. The highest BCUT2D eigenvalue weighted by Crippen LogP contribution is 2.29. The first kappa shape index (κ1) is 12.4. The summed E-state index contributed by atoms with van der Waals surface area (Å²) in [5.74, 6) is 0. The number of thiazole rings is 1. The van der Waals surface area contributed by atoms with Gasteiger partial charge in [0.1, 0.15) is 0 Å². The Labute approximate surface area is 122 Å². The van der Waals surface area contributed by atoms with Crippen molar-refractivity contribution in [1.29, 1.82) is 0 Å². The number of halogens is 1. The largest absolute Gasteiger partial charge is 0.398 e. The Bertz CT molecular complexity index is 712. The molecule has 0 bridgehead atoms. The fourth-order valence-corrected chi connectivity index (χ4v) is 2.74. The maximum Gasteiger partial charge on any atom is 0.0954 e. The number of nitrogens with zero attached hydrogens (tertiary/aromatic N) is 2. The van der Waals surface area contributed by atoms with Crippen LogP contribution in [0.2, 0.25) is 0 Å². The summed E-state index contributed by atoms with van der Waals surface area (Å²) in [6, 6.07) is 5.83. The zero-order valence-electron chi connectivity index (χ0n) is 9.93. The molecule has 2 aromatic heterocycles. The molecule has 4 nitrogen and oxygen atoms in total. The van der Waals surface area contributed by atoms with Crippen LogP contribution in [0.5, 0.6) is 0 Å². The van der Waals surface area contributed by atoms with Gasteiger partial charge in [0.2, 0.25) is 0 Å². The second kappa shape index (κ2) is 5.14. The quantitative estimate of drug-likeness (QED) is 0.717. The Kier molecular flexibility index (Phi) is 3.35. The molecule has 0 aliphatic carbocycles. The molecule has 3 aromatic rings. The number of nitrogen functional groups attached to an aromatic ring is 1. The van der Waals surface area contributed by atoms with Crippen molar-refractivity contribution in [3.63, 3.8) is 0 Å². The van der Waals surface area contributed by atoms with Gasteiger partial charge >= 0.3 is 0 Å². The molecule has 0 fully saturated rings. The predicted octanol–water partition coefficient (Wildman–Crippen LogP) is 3.65. The van der Waals surface area contributed by atoms with Gasteiger partial charge in [-0.3, -0.25) is 9.97 Å². The van der Waals surface area contributed by atoms with Crippen molar-refractivity contribution in [2.45, 2.75) is 6.54 Å². The van der Waals surface area contributed by atoms with Crippen molar-refractivity contribution >= 4 is 49.5 Å². The normalized spacial score (nSPS) is 10.8. The minimum Gasteiger partial charge on any atom is -0.398 e. The number of pyridine rings is 1. The van der Waals surface area contributed by atoms with Crippen LogP contribution in [0, 0.1) is 0 Å². The molecule has 0 aliphatic rings. The average molecular weight is 335 g/mol. The smallest absolute Gasteiger partial charge is 0.0954 e. The van der Waals surface area contributed by atoms with Crippen molar-refractivity contribution in [3.8, 4) is 0 Å². The van der Waals surface area contributed by atoms with E-state index >= 15 is 0 Å². The van der Waals surface area contributed by atoms with Crippen LogP contribution >= 0.6 is 27.3 Å². The zero-order chi connectivity index (χ0) is 13.2. The summed E-state index contributed by atoms with van der Waals surface area (Å²) in [4.78, 5) is 9.68. The van der Waals surface area contributed by atoms with Gasteiger partial charge in [-0.1, -0.05) is 0 Å². The topological polar surface area (TPSA) is 63.8 Å². The van der Waals surface area contributed by atoms with Gasteiger partial charge in [-0.05, 0) is 34.1 Å². The molecular weight excluding hydrogens is 324 g/mol. The van der Waals surface area contributed by atoms with Crippen LogP contribution in [0.4, 0.5) is 11.4 Å². The van der Waals surface area contributed by atoms with Gasteiger partial charge in [-0.15, -0.1) is 11.3 Å². The molecular formula is C13H11BrN4S. The third kappa shape index (κ3) is 2.54. The van der Waals surface area contributed by atoms with Crippen molar-refractivity contribution < 1.29 is 0 Å². The van der Waals surface area contributed by atoms with Gasteiger partial charge in [-0.2, -0.15) is 0 Å². The Morgan fingerprint density at radius 1 is 1.32 bits per heavy atom. The summed E-state index contributed by atoms with van der Waals surface area (Å²) >= 11 is 5.04. The zero-order valence-corrected chi connectivity index (χ0v) is 12.3. The van der Waals surface area contributed by atoms with Crippen LogP contribution in [0.15, 0.2) is 40.6 Å². The van der Waals surface area contributed by atoms with E-state index in [1.165, 1.54) is 4.88 Å². The van der Waals surface area contributed by atoms with Crippen molar-refractivity contribution in [2.75, 3.05) is 11.1 Å². The maximum atomic E-state index is 5.99. The number of rotatable bonds is 3. The van der Waals surface area contributed by atoms with E-state index in [-0.39, 0.29) is 0 Å². The molecule has 0 saturated carbocycles. The highest BCUT2D eigenvalue weighted by molar-refractivity contribution is 9.10. The van der Waals surface area contributed by atoms with Crippen molar-refractivity contribution in [1.82, 2.24) is 9.97 Å². The molecule has 1 aromatic carbocycles. The molecule has 3 rings (SSSR count). The number of benzene rings is 1. The van der Waals surface area contributed by atoms with Gasteiger partial charge in [0, 0.05) is 32.8 Å². The highest BCUT2D eigenvalue weighted by atomic mass is 79.9. The minimum atomic E-state index is 0.729. The molecule has 19 heavy (non-hydrogen) atoms. The monoisotopic (exact) mass is 334 g/mol. The van der Waals surface area contributed by atoms with E-state index in [0.717, 1.165) is 33.3 Å². The number of aromatic nitrogens is 2. The Balaban J connectivity index is 1.97. The summed E-state index contributed by atoms with van der Waals surface area (Å²) in [5.41, 5.74) is 10.4. The van der Waals surface area contributed by atoms with E-state index in [4.69, 9.17) is 5.73 Å². The average Bonchev–Trinajstić information content (AvgIpc) is 2.92.